The molecule has 9 heteroatoms. The van der Waals surface area contributed by atoms with Crippen molar-refractivity contribution in [3.8, 4) is 0 Å². The third-order valence-electron chi connectivity index (χ3n) is 1.74. The van der Waals surface area contributed by atoms with Crippen molar-refractivity contribution in [1.82, 2.24) is 0 Å². The Bertz CT molecular complexity index is 394. The molecule has 0 radical (unpaired) electrons. The first kappa shape index (κ1) is 38.7. The largest absolute Gasteiger partial charge is 2.00 e. The van der Waals surface area contributed by atoms with Crippen LogP contribution < -0.4 is 10.2 Å². The predicted molar refractivity (Wildman–Crippen MR) is 103 cm³/mol. The van der Waals surface area contributed by atoms with Crippen LogP contribution in [0.15, 0.2) is 0 Å². The van der Waals surface area contributed by atoms with Gasteiger partial charge in [0.15, 0.2) is 0 Å². The van der Waals surface area contributed by atoms with E-state index in [0.29, 0.717) is 25.7 Å². The maximum absolute atomic E-state index is 10.4. The number of ketones is 2. The summed E-state index contributed by atoms with van der Waals surface area (Å²) in [6.07, 6.45) is 1.21. The number of carboxylic acids is 2. The number of aliphatic hydroxyl groups is 2. The van der Waals surface area contributed by atoms with Gasteiger partial charge in [0.25, 0.3) is 0 Å². The first-order valence-corrected chi connectivity index (χ1v) is 9.21. The zero-order valence-corrected chi connectivity index (χ0v) is 21.5. The molecule has 0 aliphatic heterocycles. The molecular weight excluding hydrogens is 459 g/mol. The molecule has 0 unspecified atom stereocenters. The molecule has 0 aromatic rings. The van der Waals surface area contributed by atoms with E-state index in [1.807, 2.05) is 13.8 Å². The number of aliphatic carboxylic acids is 2. The number of Topliss-reactive ketones (excluding diaryl/α,β-unsaturated/α-hetero) is 2. The average molecular weight is 498 g/mol. The molecule has 0 saturated carbocycles. The summed E-state index contributed by atoms with van der Waals surface area (Å²) in [5, 5.41) is 36.5. The molecule has 0 atom stereocenters. The van der Waals surface area contributed by atoms with Crippen LogP contribution in [0.1, 0.15) is 93.9 Å². The molecule has 0 fully saturated rings. The van der Waals surface area contributed by atoms with Crippen molar-refractivity contribution < 1.29 is 65.8 Å². The van der Waals surface area contributed by atoms with E-state index in [1.54, 1.807) is 41.5 Å². The van der Waals surface area contributed by atoms with Crippen LogP contribution in [0.3, 0.4) is 0 Å². The molecule has 0 aliphatic carbocycles. The van der Waals surface area contributed by atoms with Crippen molar-refractivity contribution in [2.45, 2.75) is 105 Å². The van der Waals surface area contributed by atoms with E-state index in [4.69, 9.17) is 10.2 Å². The fourth-order valence-electron chi connectivity index (χ4n) is 1.06. The maximum Gasteiger partial charge on any atom is 2.00 e. The van der Waals surface area contributed by atoms with Gasteiger partial charge < -0.3 is 30.0 Å². The number of carbonyl (C=O) groups excluding carboxylic acids is 4. The summed E-state index contributed by atoms with van der Waals surface area (Å²) < 4.78 is 0. The Morgan fingerprint density at radius 1 is 0.655 bits per heavy atom. The van der Waals surface area contributed by atoms with E-state index in [2.05, 4.69) is 0 Å². The Hall–Kier alpha value is -0.917. The topological polar surface area (TPSA) is 155 Å². The van der Waals surface area contributed by atoms with Crippen molar-refractivity contribution in [3.63, 3.8) is 0 Å². The quantitative estimate of drug-likeness (QED) is 0.460. The molecule has 2 N–H and O–H groups in total. The number of hydrogen-bond acceptors (Lipinski definition) is 8. The Labute approximate surface area is 194 Å². The molecule has 0 saturated heterocycles. The summed E-state index contributed by atoms with van der Waals surface area (Å²) in [5.41, 5.74) is -1.00. The normalized spacial score (nSPS) is 9.72. The minimum atomic E-state index is -1.28. The summed E-state index contributed by atoms with van der Waals surface area (Å²) in [7, 11) is 0. The Kier molecular flexibility index (Phi) is 29.0. The van der Waals surface area contributed by atoms with Crippen LogP contribution in [0, 0.1) is 0 Å². The van der Waals surface area contributed by atoms with Crippen LogP contribution in [0.4, 0.5) is 0 Å². The van der Waals surface area contributed by atoms with Gasteiger partial charge in [-0.1, -0.05) is 13.8 Å². The molecule has 0 amide bonds. The summed E-state index contributed by atoms with van der Waals surface area (Å²) >= 11 is 0. The summed E-state index contributed by atoms with van der Waals surface area (Å²) in [4.78, 5) is 40.4. The second kappa shape index (κ2) is 21.8. The number of hydrogen-bond donors (Lipinski definition) is 2. The molecule has 0 bridgehead atoms. The molecule has 29 heavy (non-hydrogen) atoms. The van der Waals surface area contributed by atoms with Gasteiger partial charge >= 0.3 is 26.2 Å². The number of rotatable bonds is 8. The first-order chi connectivity index (χ1) is 12.3. The standard InChI is InChI=1S/2C6H10O3.2C4H10O.Zr/c2*1-2-3-5(7)4-6(8)9;2*1-4(2,3)5;/h2*2-4H2,1H3,(H,8,9);2*5H,1-3H3;/q;;;;+2/p-2. The van der Waals surface area contributed by atoms with E-state index in [1.165, 1.54) is 0 Å². The van der Waals surface area contributed by atoms with E-state index < -0.39 is 36.0 Å². The van der Waals surface area contributed by atoms with Crippen LogP contribution in [0.25, 0.3) is 0 Å². The van der Waals surface area contributed by atoms with E-state index in [-0.39, 0.29) is 37.8 Å². The molecule has 0 aliphatic rings. The number of carbonyl (C=O) groups is 4. The molecule has 0 aromatic carbocycles. The molecular formula is C20H38O8Zr. The summed E-state index contributed by atoms with van der Waals surface area (Å²) in [6.45, 7) is 14.1. The van der Waals surface area contributed by atoms with Crippen LogP contribution in [-0.4, -0.2) is 44.9 Å². The maximum atomic E-state index is 10.4. The van der Waals surface area contributed by atoms with Crippen LogP contribution >= 0.6 is 0 Å². The third-order valence-corrected chi connectivity index (χ3v) is 1.74. The van der Waals surface area contributed by atoms with Crippen molar-refractivity contribution in [3.05, 3.63) is 0 Å². The van der Waals surface area contributed by atoms with Gasteiger partial charge in [0.2, 0.25) is 0 Å². The molecule has 170 valence electrons. The Morgan fingerprint density at radius 2 is 0.828 bits per heavy atom. The van der Waals surface area contributed by atoms with Gasteiger partial charge in [-0.3, -0.25) is 9.59 Å². The number of carboxylic acid groups (broad SMARTS) is 2. The van der Waals surface area contributed by atoms with Gasteiger partial charge in [-0.05, 0) is 54.4 Å². The monoisotopic (exact) mass is 496 g/mol. The van der Waals surface area contributed by atoms with Crippen molar-refractivity contribution in [1.29, 1.82) is 0 Å². The summed E-state index contributed by atoms with van der Waals surface area (Å²) in [6, 6.07) is 0. The Balaban J connectivity index is -0.0000000907. The molecule has 0 spiro atoms. The van der Waals surface area contributed by atoms with Gasteiger partial charge in [-0.15, -0.1) is 0 Å². The van der Waals surface area contributed by atoms with Crippen molar-refractivity contribution >= 4 is 23.5 Å². The fraction of sp³-hybridized carbons (Fsp3) is 0.800. The third kappa shape index (κ3) is 99.5. The molecule has 0 heterocycles. The Morgan fingerprint density at radius 3 is 0.931 bits per heavy atom. The second-order valence-electron chi connectivity index (χ2n) is 8.02. The fourth-order valence-corrected chi connectivity index (χ4v) is 1.06. The van der Waals surface area contributed by atoms with Gasteiger partial charge in [0.05, 0.1) is 11.2 Å². The zero-order chi connectivity index (χ0) is 23.6. The minimum Gasteiger partial charge on any atom is -0.550 e. The van der Waals surface area contributed by atoms with Crippen molar-refractivity contribution in [2.75, 3.05) is 0 Å². The molecule has 0 rings (SSSR count). The first-order valence-electron chi connectivity index (χ1n) is 9.21. The molecule has 8 nitrogen and oxygen atoms in total. The van der Waals surface area contributed by atoms with Gasteiger partial charge in [-0.25, -0.2) is 0 Å². The van der Waals surface area contributed by atoms with Crippen LogP contribution in [0.5, 0.6) is 0 Å². The minimum absolute atomic E-state index is 0. The SMILES string of the molecule is CC(C)(C)O.CC(C)(C)O.CCCC(=O)CC(=O)[O-].CCCC(=O)CC(=O)[O-].[Zr+2]. The van der Waals surface area contributed by atoms with E-state index in [9.17, 15) is 29.4 Å². The van der Waals surface area contributed by atoms with E-state index in [0.717, 1.165) is 0 Å². The van der Waals surface area contributed by atoms with Crippen LogP contribution in [-0.2, 0) is 45.4 Å². The van der Waals surface area contributed by atoms with Gasteiger partial charge in [-0.2, -0.15) is 0 Å². The van der Waals surface area contributed by atoms with E-state index >= 15 is 0 Å². The molecule has 0 aromatic heterocycles. The smallest absolute Gasteiger partial charge is 0.550 e. The van der Waals surface area contributed by atoms with Crippen LogP contribution in [0.2, 0.25) is 0 Å². The van der Waals surface area contributed by atoms with Gasteiger partial charge in [0, 0.05) is 37.6 Å². The van der Waals surface area contributed by atoms with Crippen molar-refractivity contribution in [2.24, 2.45) is 0 Å². The average Bonchev–Trinajstić information content (AvgIpc) is 2.33. The zero-order valence-electron chi connectivity index (χ0n) is 19.1. The predicted octanol–water partition coefficient (Wildman–Crippen LogP) is 0.543. The summed E-state index contributed by atoms with van der Waals surface area (Å²) in [5.74, 6) is -3.07. The van der Waals surface area contributed by atoms with Gasteiger partial charge in [0.1, 0.15) is 11.6 Å². The second-order valence-corrected chi connectivity index (χ2v) is 8.02.